The molecule has 1 aromatic heterocycles. The van der Waals surface area contributed by atoms with E-state index in [9.17, 15) is 9.59 Å². The highest BCUT2D eigenvalue weighted by Gasteiger charge is 2.13. The molecule has 0 saturated heterocycles. The fraction of sp³-hybridized carbons (Fsp3) is 0.357. The number of aromatic carboxylic acids is 1. The van der Waals surface area contributed by atoms with Gasteiger partial charge in [0.25, 0.3) is 0 Å². The summed E-state index contributed by atoms with van der Waals surface area (Å²) in [4.78, 5) is 26.4. The minimum absolute atomic E-state index is 0.166. The molecular formula is C14H17N3O3. The average Bonchev–Trinajstić information content (AvgIpc) is 2.92. The van der Waals surface area contributed by atoms with Crippen molar-refractivity contribution in [2.24, 2.45) is 0 Å². The van der Waals surface area contributed by atoms with E-state index in [1.165, 1.54) is 24.3 Å². The number of aromatic nitrogens is 1. The number of pyridine rings is 1. The van der Waals surface area contributed by atoms with Crippen molar-refractivity contribution in [2.45, 2.75) is 25.7 Å². The van der Waals surface area contributed by atoms with Gasteiger partial charge in [0.15, 0.2) is 5.69 Å². The number of hydrogen-bond donors (Lipinski definition) is 3. The number of carbonyl (C=O) groups is 2. The standard InChI is InChI=1S/C14H17N3O3/c18-13(19)12-11(6-3-8-15-12)17-14(20)16-9-7-10-4-1-2-5-10/h3-4,6,8H,1-2,5,7,9H2,(H,18,19)(H2,16,17,20). The van der Waals surface area contributed by atoms with Gasteiger partial charge in [-0.25, -0.2) is 14.6 Å². The highest BCUT2D eigenvalue weighted by atomic mass is 16.4. The quantitative estimate of drug-likeness (QED) is 0.719. The second-order valence-electron chi connectivity index (χ2n) is 4.59. The maximum Gasteiger partial charge on any atom is 0.356 e. The van der Waals surface area contributed by atoms with Crippen LogP contribution in [0.5, 0.6) is 0 Å². The van der Waals surface area contributed by atoms with E-state index in [1.807, 2.05) is 0 Å². The molecule has 0 radical (unpaired) electrons. The first kappa shape index (κ1) is 14.0. The molecule has 6 nitrogen and oxygen atoms in total. The van der Waals surface area contributed by atoms with E-state index >= 15 is 0 Å². The lowest BCUT2D eigenvalue weighted by molar-refractivity contribution is 0.0692. The van der Waals surface area contributed by atoms with Gasteiger partial charge in [-0.2, -0.15) is 0 Å². The second-order valence-corrected chi connectivity index (χ2v) is 4.59. The topological polar surface area (TPSA) is 91.3 Å². The Hall–Kier alpha value is -2.37. The maximum atomic E-state index is 11.7. The first-order chi connectivity index (χ1) is 9.66. The minimum atomic E-state index is -1.17. The van der Waals surface area contributed by atoms with Gasteiger partial charge in [0.1, 0.15) is 0 Å². The van der Waals surface area contributed by atoms with Crippen LogP contribution in [0.25, 0.3) is 0 Å². The number of nitrogens with zero attached hydrogens (tertiary/aromatic N) is 1. The Balaban J connectivity index is 1.83. The van der Waals surface area contributed by atoms with Crippen LogP contribution in [-0.4, -0.2) is 28.6 Å². The molecule has 0 fully saturated rings. The highest BCUT2D eigenvalue weighted by molar-refractivity contribution is 5.98. The minimum Gasteiger partial charge on any atom is -0.476 e. The van der Waals surface area contributed by atoms with E-state index in [0.29, 0.717) is 6.54 Å². The van der Waals surface area contributed by atoms with Crippen molar-refractivity contribution in [2.75, 3.05) is 11.9 Å². The van der Waals surface area contributed by atoms with E-state index in [0.717, 1.165) is 19.3 Å². The molecule has 20 heavy (non-hydrogen) atoms. The van der Waals surface area contributed by atoms with Crippen molar-refractivity contribution >= 4 is 17.7 Å². The van der Waals surface area contributed by atoms with Crippen LogP contribution in [0.1, 0.15) is 36.2 Å². The monoisotopic (exact) mass is 275 g/mol. The summed E-state index contributed by atoms with van der Waals surface area (Å²) in [5, 5.41) is 14.2. The summed E-state index contributed by atoms with van der Waals surface area (Å²) in [5.41, 5.74) is 1.40. The Bertz CT molecular complexity index is 540. The van der Waals surface area contributed by atoms with Gasteiger partial charge < -0.3 is 15.7 Å². The fourth-order valence-corrected chi connectivity index (χ4v) is 2.14. The lowest BCUT2D eigenvalue weighted by atomic mass is 10.2. The third-order valence-corrected chi connectivity index (χ3v) is 3.13. The largest absolute Gasteiger partial charge is 0.476 e. The molecule has 2 amide bonds. The highest BCUT2D eigenvalue weighted by Crippen LogP contribution is 2.19. The van der Waals surface area contributed by atoms with Gasteiger partial charge in [-0.3, -0.25) is 0 Å². The second kappa shape index (κ2) is 6.70. The Kier molecular flexibility index (Phi) is 4.70. The summed E-state index contributed by atoms with van der Waals surface area (Å²) in [6, 6.07) is 2.67. The summed E-state index contributed by atoms with van der Waals surface area (Å²) < 4.78 is 0. The Labute approximate surface area is 116 Å². The number of amides is 2. The molecule has 0 bridgehead atoms. The number of urea groups is 1. The van der Waals surface area contributed by atoms with E-state index < -0.39 is 12.0 Å². The third-order valence-electron chi connectivity index (χ3n) is 3.13. The molecule has 0 spiro atoms. The molecule has 2 rings (SSSR count). The van der Waals surface area contributed by atoms with Gasteiger partial charge in [-0.1, -0.05) is 11.6 Å². The van der Waals surface area contributed by atoms with Crippen molar-refractivity contribution in [3.8, 4) is 0 Å². The van der Waals surface area contributed by atoms with Gasteiger partial charge in [0, 0.05) is 12.7 Å². The number of carboxylic acid groups (broad SMARTS) is 1. The van der Waals surface area contributed by atoms with Crippen molar-refractivity contribution < 1.29 is 14.7 Å². The van der Waals surface area contributed by atoms with Gasteiger partial charge >= 0.3 is 12.0 Å². The number of anilines is 1. The Morgan fingerprint density at radius 3 is 2.95 bits per heavy atom. The van der Waals surface area contributed by atoms with Crippen LogP contribution in [0, 0.1) is 0 Å². The molecule has 0 atom stereocenters. The molecule has 0 aromatic carbocycles. The molecule has 0 aliphatic heterocycles. The zero-order valence-electron chi connectivity index (χ0n) is 11.1. The number of nitrogens with one attached hydrogen (secondary N) is 2. The Morgan fingerprint density at radius 1 is 1.40 bits per heavy atom. The van der Waals surface area contributed by atoms with Crippen molar-refractivity contribution in [1.82, 2.24) is 10.3 Å². The number of rotatable bonds is 5. The summed E-state index contributed by atoms with van der Waals surface area (Å²) in [6.45, 7) is 0.542. The number of hydrogen-bond acceptors (Lipinski definition) is 3. The van der Waals surface area contributed by atoms with Crippen LogP contribution in [0.3, 0.4) is 0 Å². The van der Waals surface area contributed by atoms with Crippen molar-refractivity contribution in [3.05, 3.63) is 35.7 Å². The molecule has 1 aliphatic rings. The van der Waals surface area contributed by atoms with Gasteiger partial charge in [0.05, 0.1) is 5.69 Å². The SMILES string of the molecule is O=C(NCCC1=CCCC1)Nc1cccnc1C(=O)O. The van der Waals surface area contributed by atoms with E-state index in [4.69, 9.17) is 5.11 Å². The smallest absolute Gasteiger partial charge is 0.356 e. The molecule has 6 heteroatoms. The van der Waals surface area contributed by atoms with Gasteiger partial charge in [-0.05, 0) is 37.8 Å². The van der Waals surface area contributed by atoms with E-state index in [2.05, 4.69) is 21.7 Å². The third kappa shape index (κ3) is 3.81. The lowest BCUT2D eigenvalue weighted by Gasteiger charge is -2.09. The van der Waals surface area contributed by atoms with Gasteiger partial charge in [-0.15, -0.1) is 0 Å². The van der Waals surface area contributed by atoms with Crippen LogP contribution in [0.2, 0.25) is 0 Å². The molecule has 106 valence electrons. The van der Waals surface area contributed by atoms with Crippen LogP contribution in [0.15, 0.2) is 30.0 Å². The average molecular weight is 275 g/mol. The van der Waals surface area contributed by atoms with Crippen molar-refractivity contribution in [1.29, 1.82) is 0 Å². The number of carboxylic acids is 1. The van der Waals surface area contributed by atoms with Crippen molar-refractivity contribution in [3.63, 3.8) is 0 Å². The number of allylic oxidation sites excluding steroid dienone is 1. The van der Waals surface area contributed by atoms with Crippen LogP contribution in [0.4, 0.5) is 10.5 Å². The fourth-order valence-electron chi connectivity index (χ4n) is 2.14. The Morgan fingerprint density at radius 2 is 2.25 bits per heavy atom. The molecule has 0 saturated carbocycles. The molecule has 1 aliphatic carbocycles. The zero-order chi connectivity index (χ0) is 14.4. The summed E-state index contributed by atoms with van der Waals surface area (Å²) in [7, 11) is 0. The summed E-state index contributed by atoms with van der Waals surface area (Å²) in [6.07, 6.45) is 7.85. The van der Waals surface area contributed by atoms with Crippen LogP contribution < -0.4 is 10.6 Å². The normalized spacial score (nSPS) is 13.7. The lowest BCUT2D eigenvalue weighted by Crippen LogP contribution is -2.30. The van der Waals surface area contributed by atoms with E-state index in [1.54, 1.807) is 6.07 Å². The molecule has 1 heterocycles. The number of carbonyl (C=O) groups excluding carboxylic acids is 1. The van der Waals surface area contributed by atoms with Gasteiger partial charge in [0.2, 0.25) is 0 Å². The molecular weight excluding hydrogens is 258 g/mol. The molecule has 3 N–H and O–H groups in total. The first-order valence-corrected chi connectivity index (χ1v) is 6.58. The summed E-state index contributed by atoms with van der Waals surface area (Å²) >= 11 is 0. The predicted molar refractivity (Wildman–Crippen MR) is 74.8 cm³/mol. The molecule has 1 aromatic rings. The van der Waals surface area contributed by atoms with E-state index in [-0.39, 0.29) is 11.4 Å². The maximum absolute atomic E-state index is 11.7. The predicted octanol–water partition coefficient (Wildman–Crippen LogP) is 2.40. The molecule has 0 unspecified atom stereocenters. The van der Waals surface area contributed by atoms with Crippen LogP contribution >= 0.6 is 0 Å². The zero-order valence-corrected chi connectivity index (χ0v) is 11.1. The van der Waals surface area contributed by atoms with Crippen LogP contribution in [-0.2, 0) is 0 Å². The summed E-state index contributed by atoms with van der Waals surface area (Å²) in [5.74, 6) is -1.17. The first-order valence-electron chi connectivity index (χ1n) is 6.58.